The van der Waals surface area contributed by atoms with E-state index in [1.54, 1.807) is 16.8 Å². The molecule has 130 valence electrons. The Hall–Kier alpha value is -2.89. The Morgan fingerprint density at radius 3 is 2.76 bits per heavy atom. The summed E-state index contributed by atoms with van der Waals surface area (Å²) in [5.41, 5.74) is 2.83. The van der Waals surface area contributed by atoms with E-state index >= 15 is 0 Å². The van der Waals surface area contributed by atoms with Crippen LogP contribution in [0.3, 0.4) is 0 Å². The maximum absolute atomic E-state index is 11.7. The maximum atomic E-state index is 11.7. The highest BCUT2D eigenvalue weighted by atomic mass is 16.3. The van der Waals surface area contributed by atoms with Gasteiger partial charge in [0.05, 0.1) is 6.20 Å². The van der Waals surface area contributed by atoms with Gasteiger partial charge in [0.2, 0.25) is 0 Å². The number of pyridine rings is 1. The fourth-order valence-corrected chi connectivity index (χ4v) is 2.78. The second-order valence-corrected chi connectivity index (χ2v) is 6.19. The van der Waals surface area contributed by atoms with E-state index < -0.39 is 0 Å². The number of hydrogen-bond acceptors (Lipinski definition) is 4. The molecule has 0 radical (unpaired) electrons. The molecule has 0 saturated carbocycles. The van der Waals surface area contributed by atoms with Gasteiger partial charge in [0, 0.05) is 24.8 Å². The molecular formula is C19H22N4O2. The maximum Gasteiger partial charge on any atom is 0.292 e. The molecule has 0 fully saturated rings. The number of hydrogen-bond donors (Lipinski definition) is 1. The molecule has 25 heavy (non-hydrogen) atoms. The minimum Gasteiger partial charge on any atom is -0.503 e. The predicted octanol–water partition coefficient (Wildman–Crippen LogP) is 2.99. The predicted molar refractivity (Wildman–Crippen MR) is 96.4 cm³/mol. The van der Waals surface area contributed by atoms with E-state index in [4.69, 9.17) is 0 Å². The summed E-state index contributed by atoms with van der Waals surface area (Å²) < 4.78 is 3.40. The van der Waals surface area contributed by atoms with Crippen molar-refractivity contribution in [1.29, 1.82) is 0 Å². The molecule has 0 aliphatic heterocycles. The Morgan fingerprint density at radius 2 is 1.92 bits per heavy atom. The summed E-state index contributed by atoms with van der Waals surface area (Å²) in [6.45, 7) is 3.47. The normalized spacial score (nSPS) is 10.9. The van der Waals surface area contributed by atoms with Crippen molar-refractivity contribution in [2.24, 2.45) is 0 Å². The van der Waals surface area contributed by atoms with Crippen LogP contribution in [0, 0.1) is 6.92 Å². The number of unbranched alkanes of at least 4 members (excludes halogenated alkanes) is 2. The van der Waals surface area contributed by atoms with E-state index in [2.05, 4.69) is 29.4 Å². The van der Waals surface area contributed by atoms with Crippen molar-refractivity contribution in [3.05, 3.63) is 64.7 Å². The fraction of sp³-hybridized carbons (Fsp3) is 0.316. The van der Waals surface area contributed by atoms with Crippen LogP contribution < -0.4 is 5.56 Å². The molecule has 2 aromatic heterocycles. The zero-order valence-electron chi connectivity index (χ0n) is 14.3. The van der Waals surface area contributed by atoms with E-state index in [-0.39, 0.29) is 11.3 Å². The van der Waals surface area contributed by atoms with Gasteiger partial charge in [0.25, 0.3) is 5.56 Å². The van der Waals surface area contributed by atoms with Crippen LogP contribution in [0.25, 0.3) is 11.3 Å². The highest BCUT2D eigenvalue weighted by Crippen LogP contribution is 2.17. The molecule has 0 atom stereocenters. The molecule has 0 amide bonds. The lowest BCUT2D eigenvalue weighted by molar-refractivity contribution is 0.451. The van der Waals surface area contributed by atoms with E-state index in [0.717, 1.165) is 37.1 Å². The highest BCUT2D eigenvalue weighted by Gasteiger charge is 2.04. The van der Waals surface area contributed by atoms with Crippen LogP contribution in [-0.4, -0.2) is 24.7 Å². The van der Waals surface area contributed by atoms with E-state index in [1.807, 2.05) is 23.0 Å². The largest absolute Gasteiger partial charge is 0.503 e. The Morgan fingerprint density at radius 1 is 1.08 bits per heavy atom. The average molecular weight is 338 g/mol. The first-order chi connectivity index (χ1) is 12.1. The minimum atomic E-state index is -0.332. The summed E-state index contributed by atoms with van der Waals surface area (Å²) in [4.78, 5) is 11.7. The average Bonchev–Trinajstić information content (AvgIpc) is 3.07. The molecule has 1 aromatic carbocycles. The van der Waals surface area contributed by atoms with E-state index in [9.17, 15) is 9.90 Å². The summed E-state index contributed by atoms with van der Waals surface area (Å²) in [5, 5.41) is 17.8. The van der Waals surface area contributed by atoms with Gasteiger partial charge in [0.15, 0.2) is 5.75 Å². The lowest BCUT2D eigenvalue weighted by atomic mass is 10.1. The topological polar surface area (TPSA) is 72.9 Å². The molecule has 3 aromatic rings. The molecule has 2 heterocycles. The van der Waals surface area contributed by atoms with Crippen LogP contribution in [0.4, 0.5) is 0 Å². The minimum absolute atomic E-state index is 0.200. The van der Waals surface area contributed by atoms with E-state index in [1.165, 1.54) is 11.6 Å². The zero-order valence-corrected chi connectivity index (χ0v) is 14.3. The molecule has 1 N–H and O–H groups in total. The van der Waals surface area contributed by atoms with Crippen molar-refractivity contribution < 1.29 is 5.11 Å². The standard InChI is InChI=1S/C19H22N4O2/c1-15-7-5-8-16(13-15)17-14-23(21-20-17)12-4-2-3-10-22-11-6-9-18(24)19(22)25/h5-9,11,13-14,24H,2-4,10,12H2,1H3. The molecule has 0 spiro atoms. The zero-order chi connectivity index (χ0) is 17.6. The number of aromatic hydroxyl groups is 1. The van der Waals surface area contributed by atoms with Gasteiger partial charge in [0.1, 0.15) is 5.69 Å². The van der Waals surface area contributed by atoms with Crippen molar-refractivity contribution in [3.8, 4) is 17.0 Å². The lowest BCUT2D eigenvalue weighted by Gasteiger charge is -2.05. The second kappa shape index (κ2) is 7.79. The SMILES string of the molecule is Cc1cccc(-c2cn(CCCCCn3cccc(O)c3=O)nn2)c1. The van der Waals surface area contributed by atoms with Crippen LogP contribution in [0.2, 0.25) is 0 Å². The van der Waals surface area contributed by atoms with Gasteiger partial charge in [-0.2, -0.15) is 0 Å². The quantitative estimate of drug-likeness (QED) is 0.672. The summed E-state index contributed by atoms with van der Waals surface area (Å²) in [6.07, 6.45) is 6.48. The summed E-state index contributed by atoms with van der Waals surface area (Å²) >= 11 is 0. The van der Waals surface area contributed by atoms with Crippen molar-refractivity contribution in [2.45, 2.75) is 39.3 Å². The smallest absolute Gasteiger partial charge is 0.292 e. The Bertz CT molecular complexity index is 898. The first-order valence-electron chi connectivity index (χ1n) is 8.49. The van der Waals surface area contributed by atoms with Gasteiger partial charge in [-0.25, -0.2) is 0 Å². The highest BCUT2D eigenvalue weighted by molar-refractivity contribution is 5.58. The molecule has 0 aliphatic rings. The summed E-state index contributed by atoms with van der Waals surface area (Å²) in [6, 6.07) is 11.3. The first kappa shape index (κ1) is 17.0. The third-order valence-electron chi connectivity index (χ3n) is 4.14. The van der Waals surface area contributed by atoms with Crippen molar-refractivity contribution in [2.75, 3.05) is 0 Å². The monoisotopic (exact) mass is 338 g/mol. The van der Waals surface area contributed by atoms with Gasteiger partial charge < -0.3 is 9.67 Å². The third-order valence-corrected chi connectivity index (χ3v) is 4.14. The summed E-state index contributed by atoms with van der Waals surface area (Å²) in [7, 11) is 0. The molecule has 3 rings (SSSR count). The number of aromatic nitrogens is 4. The van der Waals surface area contributed by atoms with Crippen LogP contribution in [-0.2, 0) is 13.1 Å². The van der Waals surface area contributed by atoms with Crippen LogP contribution in [0.5, 0.6) is 5.75 Å². The van der Waals surface area contributed by atoms with Gasteiger partial charge in [-0.1, -0.05) is 29.0 Å². The Labute approximate surface area is 146 Å². The van der Waals surface area contributed by atoms with Crippen LogP contribution in [0.15, 0.2) is 53.6 Å². The number of benzene rings is 1. The molecule has 0 aliphatic carbocycles. The second-order valence-electron chi connectivity index (χ2n) is 6.19. The van der Waals surface area contributed by atoms with Gasteiger partial charge in [-0.05, 0) is 44.4 Å². The van der Waals surface area contributed by atoms with Crippen LogP contribution >= 0.6 is 0 Å². The summed E-state index contributed by atoms with van der Waals surface area (Å²) in [5.74, 6) is -0.200. The van der Waals surface area contributed by atoms with E-state index in [0.29, 0.717) is 6.54 Å². The molecule has 0 bridgehead atoms. The molecule has 0 saturated heterocycles. The van der Waals surface area contributed by atoms with Crippen molar-refractivity contribution in [3.63, 3.8) is 0 Å². The first-order valence-corrected chi connectivity index (χ1v) is 8.49. The van der Waals surface area contributed by atoms with Gasteiger partial charge in [-0.15, -0.1) is 5.10 Å². The van der Waals surface area contributed by atoms with Crippen LogP contribution in [0.1, 0.15) is 24.8 Å². The van der Waals surface area contributed by atoms with Crippen molar-refractivity contribution >= 4 is 0 Å². The molecule has 6 nitrogen and oxygen atoms in total. The molecule has 0 unspecified atom stereocenters. The lowest BCUT2D eigenvalue weighted by Crippen LogP contribution is -2.18. The number of rotatable bonds is 7. The Balaban J connectivity index is 1.47. The fourth-order valence-electron chi connectivity index (χ4n) is 2.78. The molecular weight excluding hydrogens is 316 g/mol. The number of aryl methyl sites for hydroxylation is 3. The van der Waals surface area contributed by atoms with Gasteiger partial charge >= 0.3 is 0 Å². The van der Waals surface area contributed by atoms with Crippen molar-refractivity contribution in [1.82, 2.24) is 19.6 Å². The molecule has 6 heteroatoms. The Kier molecular flexibility index (Phi) is 5.28. The van der Waals surface area contributed by atoms with Gasteiger partial charge in [-0.3, -0.25) is 9.48 Å². The number of nitrogens with zero attached hydrogens (tertiary/aromatic N) is 4. The third kappa shape index (κ3) is 4.35.